The summed E-state index contributed by atoms with van der Waals surface area (Å²) in [4.78, 5) is 38.7. The number of halogens is 1. The van der Waals surface area contributed by atoms with Crippen molar-refractivity contribution in [2.75, 3.05) is 0 Å². The molecule has 0 bridgehead atoms. The number of benzene rings is 1. The first-order chi connectivity index (χ1) is 9.81. The zero-order valence-corrected chi connectivity index (χ0v) is 10.6. The highest BCUT2D eigenvalue weighted by Crippen LogP contribution is 2.27. The van der Waals surface area contributed by atoms with E-state index in [0.717, 1.165) is 18.2 Å². The summed E-state index contributed by atoms with van der Waals surface area (Å²) in [7, 11) is 0. The second-order valence-electron chi connectivity index (χ2n) is 4.10. The topological polar surface area (TPSA) is 126 Å². The molecular formula is C12H8FN3O5. The maximum atomic E-state index is 13.3. The lowest BCUT2D eigenvalue weighted by molar-refractivity contribution is -0.384. The van der Waals surface area contributed by atoms with E-state index in [9.17, 15) is 24.1 Å². The molecule has 0 unspecified atom stereocenters. The van der Waals surface area contributed by atoms with Gasteiger partial charge in [0.2, 0.25) is 0 Å². The molecule has 0 fully saturated rings. The predicted octanol–water partition coefficient (Wildman–Crippen LogP) is 1.49. The number of nitrogens with zero attached hydrogens (tertiary/aromatic N) is 2. The lowest BCUT2D eigenvalue weighted by atomic mass is 10.1. The van der Waals surface area contributed by atoms with Crippen LogP contribution < -0.4 is 5.56 Å². The van der Waals surface area contributed by atoms with Crippen molar-refractivity contribution in [1.82, 2.24) is 9.97 Å². The number of aromatic carboxylic acids is 1. The first kappa shape index (κ1) is 14.3. The van der Waals surface area contributed by atoms with Gasteiger partial charge in [-0.05, 0) is 19.1 Å². The van der Waals surface area contributed by atoms with Gasteiger partial charge in [0.05, 0.1) is 16.2 Å². The van der Waals surface area contributed by atoms with Gasteiger partial charge in [-0.25, -0.2) is 14.2 Å². The molecule has 0 spiro atoms. The molecule has 2 rings (SSSR count). The fourth-order valence-corrected chi connectivity index (χ4v) is 1.82. The van der Waals surface area contributed by atoms with Crippen molar-refractivity contribution in [1.29, 1.82) is 0 Å². The highest BCUT2D eigenvalue weighted by Gasteiger charge is 2.21. The van der Waals surface area contributed by atoms with Gasteiger partial charge in [-0.3, -0.25) is 14.9 Å². The van der Waals surface area contributed by atoms with E-state index >= 15 is 0 Å². The number of rotatable bonds is 3. The molecule has 2 N–H and O–H groups in total. The Balaban J connectivity index is 2.74. The molecular weight excluding hydrogens is 285 g/mol. The average Bonchev–Trinajstić information content (AvgIpc) is 2.36. The first-order valence-electron chi connectivity index (χ1n) is 5.59. The number of aryl methyl sites for hydroxylation is 1. The monoisotopic (exact) mass is 293 g/mol. The molecule has 2 aromatic rings. The molecule has 0 radical (unpaired) electrons. The summed E-state index contributed by atoms with van der Waals surface area (Å²) in [6, 6.07) is 2.68. The maximum absolute atomic E-state index is 13.3. The molecule has 1 heterocycles. The summed E-state index contributed by atoms with van der Waals surface area (Å²) in [6.07, 6.45) is 0. The zero-order chi connectivity index (χ0) is 15.7. The van der Waals surface area contributed by atoms with Crippen molar-refractivity contribution in [3.05, 3.63) is 55.7 Å². The van der Waals surface area contributed by atoms with Crippen molar-refractivity contribution >= 4 is 11.7 Å². The van der Waals surface area contributed by atoms with E-state index < -0.39 is 33.5 Å². The third kappa shape index (κ3) is 2.61. The Hall–Kier alpha value is -3.10. The molecule has 21 heavy (non-hydrogen) atoms. The molecule has 9 heteroatoms. The van der Waals surface area contributed by atoms with Gasteiger partial charge in [0.25, 0.3) is 11.2 Å². The molecule has 8 nitrogen and oxygen atoms in total. The summed E-state index contributed by atoms with van der Waals surface area (Å²) >= 11 is 0. The molecule has 1 aromatic carbocycles. The minimum Gasteiger partial charge on any atom is -0.477 e. The SMILES string of the molecule is Cc1nc(-c2cc(F)ccc2[N+](=O)[O-])[nH]c(=O)c1C(=O)O. The quantitative estimate of drug-likeness (QED) is 0.652. The summed E-state index contributed by atoms with van der Waals surface area (Å²) in [5, 5.41) is 19.8. The summed E-state index contributed by atoms with van der Waals surface area (Å²) < 4.78 is 13.3. The van der Waals surface area contributed by atoms with E-state index in [1.807, 2.05) is 0 Å². The number of nitro benzene ring substituents is 1. The normalized spacial score (nSPS) is 10.4. The number of H-pyrrole nitrogens is 1. The number of aromatic nitrogens is 2. The third-order valence-electron chi connectivity index (χ3n) is 2.72. The molecule has 0 aliphatic carbocycles. The number of carboxylic acids is 1. The van der Waals surface area contributed by atoms with Crippen molar-refractivity contribution < 1.29 is 19.2 Å². The van der Waals surface area contributed by atoms with E-state index in [1.165, 1.54) is 6.92 Å². The molecule has 0 aliphatic rings. The van der Waals surface area contributed by atoms with Crippen LogP contribution in [-0.4, -0.2) is 26.0 Å². The average molecular weight is 293 g/mol. The van der Waals surface area contributed by atoms with Crippen LogP contribution in [0.2, 0.25) is 0 Å². The van der Waals surface area contributed by atoms with Gasteiger partial charge in [0.1, 0.15) is 17.2 Å². The smallest absolute Gasteiger partial charge is 0.343 e. The Morgan fingerprint density at radius 1 is 1.48 bits per heavy atom. The van der Waals surface area contributed by atoms with Gasteiger partial charge in [0.15, 0.2) is 0 Å². The Morgan fingerprint density at radius 2 is 2.14 bits per heavy atom. The van der Waals surface area contributed by atoms with Crippen LogP contribution >= 0.6 is 0 Å². The molecule has 1 aromatic heterocycles. The van der Waals surface area contributed by atoms with Gasteiger partial charge in [0, 0.05) is 6.07 Å². The number of nitro groups is 1. The van der Waals surface area contributed by atoms with E-state index in [-0.39, 0.29) is 17.1 Å². The highest BCUT2D eigenvalue weighted by molar-refractivity contribution is 5.88. The van der Waals surface area contributed by atoms with E-state index in [0.29, 0.717) is 0 Å². The number of nitrogens with one attached hydrogen (secondary N) is 1. The van der Waals surface area contributed by atoms with Crippen LogP contribution in [0.25, 0.3) is 11.4 Å². The van der Waals surface area contributed by atoms with Crippen LogP contribution in [0.15, 0.2) is 23.0 Å². The number of carboxylic acid groups (broad SMARTS) is 1. The van der Waals surface area contributed by atoms with Crippen molar-refractivity contribution in [2.45, 2.75) is 6.92 Å². The third-order valence-corrected chi connectivity index (χ3v) is 2.72. The molecule has 108 valence electrons. The van der Waals surface area contributed by atoms with Crippen LogP contribution in [0, 0.1) is 22.9 Å². The maximum Gasteiger partial charge on any atom is 0.343 e. The van der Waals surface area contributed by atoms with Gasteiger partial charge in [-0.15, -0.1) is 0 Å². The Bertz CT molecular complexity index is 815. The molecule has 0 saturated heterocycles. The highest BCUT2D eigenvalue weighted by atomic mass is 19.1. The van der Waals surface area contributed by atoms with Gasteiger partial charge < -0.3 is 10.1 Å². The predicted molar refractivity (Wildman–Crippen MR) is 68.6 cm³/mol. The largest absolute Gasteiger partial charge is 0.477 e. The summed E-state index contributed by atoms with van der Waals surface area (Å²) in [5.74, 6) is -2.49. The fraction of sp³-hybridized carbons (Fsp3) is 0.0833. The number of hydrogen-bond donors (Lipinski definition) is 2. The van der Waals surface area contributed by atoms with Crippen LogP contribution in [-0.2, 0) is 0 Å². The second kappa shape index (κ2) is 5.12. The first-order valence-corrected chi connectivity index (χ1v) is 5.59. The van der Waals surface area contributed by atoms with Crippen LogP contribution in [0.3, 0.4) is 0 Å². The van der Waals surface area contributed by atoms with Crippen LogP contribution in [0.4, 0.5) is 10.1 Å². The fourth-order valence-electron chi connectivity index (χ4n) is 1.82. The van der Waals surface area contributed by atoms with Crippen LogP contribution in [0.5, 0.6) is 0 Å². The number of aromatic amines is 1. The Morgan fingerprint density at radius 3 is 2.67 bits per heavy atom. The van der Waals surface area contributed by atoms with Gasteiger partial charge in [-0.2, -0.15) is 0 Å². The second-order valence-corrected chi connectivity index (χ2v) is 4.10. The van der Waals surface area contributed by atoms with E-state index in [2.05, 4.69) is 9.97 Å². The molecule has 0 amide bonds. The van der Waals surface area contributed by atoms with Crippen molar-refractivity contribution in [3.63, 3.8) is 0 Å². The standard InChI is InChI=1S/C12H8FN3O5/c1-5-9(12(18)19)11(17)15-10(14-5)7-4-6(13)2-3-8(7)16(20)21/h2-4H,1H3,(H,18,19)(H,14,15,17). The summed E-state index contributed by atoms with van der Waals surface area (Å²) in [5.41, 5.74) is -2.36. The lowest BCUT2D eigenvalue weighted by Crippen LogP contribution is -2.21. The van der Waals surface area contributed by atoms with E-state index in [4.69, 9.17) is 5.11 Å². The minimum absolute atomic E-state index is 0.125. The minimum atomic E-state index is -1.47. The molecule has 0 aliphatic heterocycles. The lowest BCUT2D eigenvalue weighted by Gasteiger charge is -2.05. The zero-order valence-electron chi connectivity index (χ0n) is 10.6. The molecule has 0 saturated carbocycles. The number of carbonyl (C=O) groups is 1. The molecule has 0 atom stereocenters. The van der Waals surface area contributed by atoms with E-state index in [1.54, 1.807) is 0 Å². The van der Waals surface area contributed by atoms with Crippen molar-refractivity contribution in [2.24, 2.45) is 0 Å². The Kier molecular flexibility index (Phi) is 3.49. The van der Waals surface area contributed by atoms with Gasteiger partial charge >= 0.3 is 5.97 Å². The van der Waals surface area contributed by atoms with Crippen molar-refractivity contribution in [3.8, 4) is 11.4 Å². The Labute approximate surface area is 116 Å². The van der Waals surface area contributed by atoms with Gasteiger partial charge in [-0.1, -0.05) is 0 Å². The number of hydrogen-bond acceptors (Lipinski definition) is 5. The summed E-state index contributed by atoms with van der Waals surface area (Å²) in [6.45, 7) is 1.27. The van der Waals surface area contributed by atoms with Crippen LogP contribution in [0.1, 0.15) is 16.1 Å².